The molecule has 2 heterocycles. The molecule has 0 spiro atoms. The van der Waals surface area contributed by atoms with Crippen LogP contribution < -0.4 is 5.56 Å². The highest BCUT2D eigenvalue weighted by atomic mass is 35.5. The van der Waals surface area contributed by atoms with Gasteiger partial charge in [-0.3, -0.25) is 9.48 Å². The molecule has 0 atom stereocenters. The maximum atomic E-state index is 12.8. The number of nitrogens with zero attached hydrogens (tertiary/aromatic N) is 3. The Morgan fingerprint density at radius 1 is 1.26 bits per heavy atom. The third kappa shape index (κ3) is 5.75. The zero-order valence-corrected chi connectivity index (χ0v) is 18.3. The Morgan fingerprint density at radius 3 is 2.37 bits per heavy atom. The van der Waals surface area contributed by atoms with E-state index in [9.17, 15) is 4.79 Å². The zero-order valence-electron chi connectivity index (χ0n) is 17.5. The van der Waals surface area contributed by atoms with Crippen LogP contribution in [0.15, 0.2) is 41.4 Å². The number of rotatable bonds is 7. The molecule has 27 heavy (non-hydrogen) atoms. The molecule has 0 aliphatic heterocycles. The Morgan fingerprint density at radius 2 is 1.89 bits per heavy atom. The molecule has 0 amide bonds. The first-order valence-corrected chi connectivity index (χ1v) is 10.0. The van der Waals surface area contributed by atoms with Crippen molar-refractivity contribution in [3.8, 4) is 0 Å². The van der Waals surface area contributed by atoms with Gasteiger partial charge in [0.1, 0.15) is 5.52 Å². The fourth-order valence-corrected chi connectivity index (χ4v) is 2.93. The maximum absolute atomic E-state index is 12.8. The van der Waals surface area contributed by atoms with Gasteiger partial charge in [0.05, 0.1) is 5.52 Å². The molecule has 0 aromatic carbocycles. The van der Waals surface area contributed by atoms with Crippen molar-refractivity contribution in [1.82, 2.24) is 13.9 Å². The summed E-state index contributed by atoms with van der Waals surface area (Å²) in [6, 6.07) is 0. The molecule has 6 heteroatoms. The summed E-state index contributed by atoms with van der Waals surface area (Å²) in [7, 11) is 0. The van der Waals surface area contributed by atoms with Crippen molar-refractivity contribution in [3.05, 3.63) is 52.5 Å². The number of aliphatic hydroxyl groups excluding tert-OH is 1. The summed E-state index contributed by atoms with van der Waals surface area (Å²) in [5.74, 6) is 0. The number of hydrogen-bond acceptors (Lipinski definition) is 2. The lowest BCUT2D eigenvalue weighted by molar-refractivity contribution is 0.274. The van der Waals surface area contributed by atoms with Gasteiger partial charge in [-0.2, -0.15) is 0 Å². The Labute approximate surface area is 167 Å². The third-order valence-electron chi connectivity index (χ3n) is 3.97. The fourth-order valence-electron chi connectivity index (χ4n) is 2.93. The van der Waals surface area contributed by atoms with Crippen molar-refractivity contribution in [3.63, 3.8) is 0 Å². The molecule has 2 rings (SSSR count). The van der Waals surface area contributed by atoms with E-state index < -0.39 is 0 Å². The van der Waals surface area contributed by atoms with Gasteiger partial charge in [0.25, 0.3) is 5.56 Å². The first-order chi connectivity index (χ1) is 13.1. The van der Waals surface area contributed by atoms with Crippen LogP contribution in [0.25, 0.3) is 17.2 Å². The van der Waals surface area contributed by atoms with Gasteiger partial charge in [0.2, 0.25) is 0 Å². The topological polar surface area (TPSA) is 52.1 Å². The molecular weight excluding hydrogens is 362 g/mol. The second-order valence-electron chi connectivity index (χ2n) is 5.53. The van der Waals surface area contributed by atoms with E-state index in [-0.39, 0.29) is 12.2 Å². The average Bonchev–Trinajstić information content (AvgIpc) is 3.17. The van der Waals surface area contributed by atoms with Crippen molar-refractivity contribution in [1.29, 1.82) is 0 Å². The molecule has 0 fully saturated rings. The third-order valence-corrected chi connectivity index (χ3v) is 3.97. The van der Waals surface area contributed by atoms with Crippen LogP contribution >= 0.6 is 11.6 Å². The van der Waals surface area contributed by atoms with Gasteiger partial charge in [-0.15, -0.1) is 11.6 Å². The minimum atomic E-state index is -0.0441. The summed E-state index contributed by atoms with van der Waals surface area (Å²) >= 11 is 4.64. The number of aryl methyl sites for hydroxylation is 1. The molecule has 0 saturated heterocycles. The Hall–Kier alpha value is -1.98. The fraction of sp³-hybridized carbons (Fsp3) is 0.476. The van der Waals surface area contributed by atoms with Crippen molar-refractivity contribution < 1.29 is 5.11 Å². The predicted octanol–water partition coefficient (Wildman–Crippen LogP) is 4.80. The molecule has 1 N–H and O–H groups in total. The normalized spacial score (nSPS) is 11.2. The van der Waals surface area contributed by atoms with Crippen LogP contribution in [0, 0.1) is 6.92 Å². The van der Waals surface area contributed by atoms with E-state index in [1.165, 1.54) is 6.38 Å². The Bertz CT molecular complexity index is 823. The van der Waals surface area contributed by atoms with Gasteiger partial charge in [-0.1, -0.05) is 38.7 Å². The van der Waals surface area contributed by atoms with Crippen molar-refractivity contribution in [2.75, 3.05) is 13.0 Å². The van der Waals surface area contributed by atoms with E-state index in [0.29, 0.717) is 25.0 Å². The van der Waals surface area contributed by atoms with Crippen LogP contribution in [0.2, 0.25) is 0 Å². The molecule has 2 aromatic rings. The van der Waals surface area contributed by atoms with Gasteiger partial charge in [0, 0.05) is 38.5 Å². The van der Waals surface area contributed by atoms with E-state index >= 15 is 0 Å². The summed E-state index contributed by atoms with van der Waals surface area (Å²) in [5.41, 5.74) is 3.72. The van der Waals surface area contributed by atoms with Crippen LogP contribution in [-0.4, -0.2) is 32.0 Å². The van der Waals surface area contributed by atoms with E-state index in [1.54, 1.807) is 15.6 Å². The van der Waals surface area contributed by atoms with E-state index in [0.717, 1.165) is 16.7 Å². The highest BCUT2D eigenvalue weighted by molar-refractivity contribution is 6.15. The quantitative estimate of drug-likeness (QED) is 0.540. The second-order valence-corrected chi connectivity index (χ2v) is 5.53. The molecule has 0 saturated carbocycles. The number of halogens is 1. The molecular formula is C21H34ClN3O2. The summed E-state index contributed by atoms with van der Waals surface area (Å²) < 4.78 is 5.43. The van der Waals surface area contributed by atoms with E-state index in [1.807, 2.05) is 51.5 Å². The van der Waals surface area contributed by atoms with Crippen LogP contribution in [0.1, 0.15) is 39.7 Å². The highest BCUT2D eigenvalue weighted by Gasteiger charge is 2.18. The summed E-state index contributed by atoms with van der Waals surface area (Å²) in [6.45, 7) is 15.0. The van der Waals surface area contributed by atoms with Gasteiger partial charge in [0.15, 0.2) is 0 Å². The number of allylic oxidation sites excluding steroid dienone is 4. The van der Waals surface area contributed by atoms with Crippen LogP contribution in [-0.2, 0) is 13.1 Å². The number of fused-ring (bicyclic) bond motifs is 1. The SMILES string of the molecule is C=Cn1c2c(C)cn(CC(/C=C\C)=C/C)c2c(=O)n1CCCO.CC.CCl. The van der Waals surface area contributed by atoms with Crippen molar-refractivity contribution in [2.24, 2.45) is 0 Å². The molecule has 5 nitrogen and oxygen atoms in total. The zero-order chi connectivity index (χ0) is 21.0. The second kappa shape index (κ2) is 13.2. The first kappa shape index (κ1) is 25.0. The lowest BCUT2D eigenvalue weighted by atomic mass is 10.2. The van der Waals surface area contributed by atoms with E-state index in [2.05, 4.69) is 30.3 Å². The number of aliphatic hydroxyl groups is 1. The maximum Gasteiger partial charge on any atom is 0.291 e. The minimum Gasteiger partial charge on any atom is -0.396 e. The first-order valence-electron chi connectivity index (χ1n) is 9.28. The van der Waals surface area contributed by atoms with Gasteiger partial charge < -0.3 is 9.67 Å². The summed E-state index contributed by atoms with van der Waals surface area (Å²) in [4.78, 5) is 12.8. The van der Waals surface area contributed by atoms with Crippen LogP contribution in [0.4, 0.5) is 0 Å². The Balaban J connectivity index is 0.00000158. The summed E-state index contributed by atoms with van der Waals surface area (Å²) in [5, 5.41) is 9.06. The molecule has 0 unspecified atom stereocenters. The minimum absolute atomic E-state index is 0.0441. The van der Waals surface area contributed by atoms with E-state index in [4.69, 9.17) is 5.11 Å². The Kier molecular flexibility index (Phi) is 12.3. The highest BCUT2D eigenvalue weighted by Crippen LogP contribution is 2.21. The lowest BCUT2D eigenvalue weighted by Gasteiger charge is -2.07. The van der Waals surface area contributed by atoms with Gasteiger partial charge >= 0.3 is 0 Å². The monoisotopic (exact) mass is 395 g/mol. The molecule has 0 radical (unpaired) electrons. The van der Waals surface area contributed by atoms with Gasteiger partial charge in [-0.05, 0) is 38.3 Å². The molecule has 2 aromatic heterocycles. The predicted molar refractivity (Wildman–Crippen MR) is 119 cm³/mol. The largest absolute Gasteiger partial charge is 0.396 e. The lowest BCUT2D eigenvalue weighted by Crippen LogP contribution is -2.23. The van der Waals surface area contributed by atoms with Gasteiger partial charge in [-0.25, -0.2) is 4.68 Å². The standard InChI is InChI=1S/C18H25N3O2.C2H6.CH3Cl/c1-5-9-15(6-2)13-19-12-14(4)16-17(19)18(23)21(10-8-11-22)20(16)7-3;2*1-2/h5-7,9,12,22H,3,8,10-11,13H2,1-2,4H3;1-2H3;1H3/b9-5-,15-6+;;. The summed E-state index contributed by atoms with van der Waals surface area (Å²) in [6.07, 6.45) is 11.8. The number of alkyl halides is 1. The molecule has 152 valence electrons. The smallest absolute Gasteiger partial charge is 0.291 e. The number of hydrogen-bond donors (Lipinski definition) is 1. The number of aromatic nitrogens is 3. The van der Waals surface area contributed by atoms with Crippen LogP contribution in [0.5, 0.6) is 0 Å². The van der Waals surface area contributed by atoms with Crippen molar-refractivity contribution in [2.45, 2.75) is 54.1 Å². The molecule has 0 aliphatic rings. The molecule has 0 aliphatic carbocycles. The molecule has 0 bridgehead atoms. The van der Waals surface area contributed by atoms with Crippen LogP contribution in [0.3, 0.4) is 0 Å². The van der Waals surface area contributed by atoms with Crippen molar-refractivity contribution >= 4 is 28.8 Å². The average molecular weight is 396 g/mol.